The predicted molar refractivity (Wildman–Crippen MR) is 64.3 cm³/mol. The van der Waals surface area contributed by atoms with E-state index in [0.717, 1.165) is 10.4 Å². The van der Waals surface area contributed by atoms with Crippen LogP contribution >= 0.6 is 0 Å². The minimum atomic E-state index is -3.77. The summed E-state index contributed by atoms with van der Waals surface area (Å²) in [6.45, 7) is 0.865. The molecular weight excluding hydrogens is 276 g/mol. The highest BCUT2D eigenvalue weighted by molar-refractivity contribution is 7.88. The van der Waals surface area contributed by atoms with Gasteiger partial charge < -0.3 is 14.8 Å². The Hall–Kier alpha value is -1.87. The molecule has 0 aliphatic rings. The van der Waals surface area contributed by atoms with Crippen molar-refractivity contribution in [1.29, 1.82) is 0 Å². The lowest BCUT2D eigenvalue weighted by molar-refractivity contribution is -0.135. The van der Waals surface area contributed by atoms with Crippen LogP contribution in [-0.2, 0) is 14.8 Å². The molecule has 106 valence electrons. The van der Waals surface area contributed by atoms with E-state index < -0.39 is 28.4 Å². The Balaban J connectivity index is 3.04. The number of aliphatic carboxylic acids is 1. The molecule has 1 aromatic rings. The predicted octanol–water partition coefficient (Wildman–Crippen LogP) is -0.347. The van der Waals surface area contributed by atoms with Crippen molar-refractivity contribution in [3.05, 3.63) is 17.4 Å². The number of carbonyl (C=O) groups is 2. The van der Waals surface area contributed by atoms with Gasteiger partial charge in [-0.05, 0) is 6.92 Å². The highest BCUT2D eigenvalue weighted by Crippen LogP contribution is 2.21. The van der Waals surface area contributed by atoms with E-state index in [4.69, 9.17) is 9.52 Å². The van der Waals surface area contributed by atoms with Gasteiger partial charge in [-0.3, -0.25) is 9.59 Å². The van der Waals surface area contributed by atoms with Crippen LogP contribution < -0.4 is 5.32 Å². The van der Waals surface area contributed by atoms with Crippen molar-refractivity contribution in [2.45, 2.75) is 12.0 Å². The highest BCUT2D eigenvalue weighted by atomic mass is 32.2. The van der Waals surface area contributed by atoms with E-state index in [9.17, 15) is 18.0 Å². The summed E-state index contributed by atoms with van der Waals surface area (Å²) in [4.78, 5) is 22.0. The van der Waals surface area contributed by atoms with Crippen molar-refractivity contribution in [1.82, 2.24) is 9.62 Å². The molecule has 0 aliphatic carbocycles. The molecule has 19 heavy (non-hydrogen) atoms. The minimum absolute atomic E-state index is 0.0123. The van der Waals surface area contributed by atoms with Crippen LogP contribution in [0.5, 0.6) is 0 Å². The van der Waals surface area contributed by atoms with E-state index in [1.165, 1.54) is 21.0 Å². The molecular formula is C10H14N2O6S. The van der Waals surface area contributed by atoms with Crippen LogP contribution in [-0.4, -0.2) is 50.3 Å². The number of hydrogen-bond acceptors (Lipinski definition) is 5. The van der Waals surface area contributed by atoms with Crippen molar-refractivity contribution in [2.24, 2.45) is 0 Å². The van der Waals surface area contributed by atoms with Crippen molar-refractivity contribution >= 4 is 21.9 Å². The number of hydrogen-bond donors (Lipinski definition) is 2. The van der Waals surface area contributed by atoms with Gasteiger partial charge in [0.05, 0.1) is 5.56 Å². The van der Waals surface area contributed by atoms with E-state index in [1.54, 1.807) is 0 Å². The summed E-state index contributed by atoms with van der Waals surface area (Å²) in [5.74, 6) is -1.80. The second kappa shape index (κ2) is 5.41. The molecule has 0 saturated carbocycles. The molecule has 1 amide bonds. The standard InChI is InChI=1S/C10H14N2O6S/c1-6-7(10(15)11-5-8(13)14)4-9(18-6)19(16,17)12(2)3/h4H,5H2,1-3H3,(H,11,15)(H,13,14). The first-order valence-corrected chi connectivity index (χ1v) is 6.63. The van der Waals surface area contributed by atoms with E-state index >= 15 is 0 Å². The third-order valence-electron chi connectivity index (χ3n) is 2.27. The van der Waals surface area contributed by atoms with Crippen molar-refractivity contribution in [2.75, 3.05) is 20.6 Å². The second-order valence-electron chi connectivity index (χ2n) is 3.90. The molecule has 1 aromatic heterocycles. The molecule has 8 nitrogen and oxygen atoms in total. The molecule has 0 unspecified atom stereocenters. The molecule has 0 radical (unpaired) electrons. The molecule has 0 spiro atoms. The Morgan fingerprint density at radius 3 is 2.47 bits per heavy atom. The van der Waals surface area contributed by atoms with Gasteiger partial charge in [-0.1, -0.05) is 0 Å². The van der Waals surface area contributed by atoms with Crippen molar-refractivity contribution < 1.29 is 27.5 Å². The van der Waals surface area contributed by atoms with Crippen LogP contribution in [0, 0.1) is 6.92 Å². The molecule has 9 heteroatoms. The quantitative estimate of drug-likeness (QED) is 0.765. The van der Waals surface area contributed by atoms with Gasteiger partial charge in [0.25, 0.3) is 15.9 Å². The molecule has 0 aromatic carbocycles. The average Bonchev–Trinajstić information content (AvgIpc) is 2.68. The third kappa shape index (κ3) is 3.32. The first-order chi connectivity index (χ1) is 8.66. The monoisotopic (exact) mass is 290 g/mol. The molecule has 0 saturated heterocycles. The zero-order valence-electron chi connectivity index (χ0n) is 10.6. The van der Waals surface area contributed by atoms with Crippen LogP contribution in [0.15, 0.2) is 15.6 Å². The SMILES string of the molecule is Cc1oc(S(=O)(=O)N(C)C)cc1C(=O)NCC(=O)O. The number of furan rings is 1. The first kappa shape index (κ1) is 15.2. The second-order valence-corrected chi connectivity index (χ2v) is 5.98. The molecule has 2 N–H and O–H groups in total. The number of nitrogens with one attached hydrogen (secondary N) is 1. The molecule has 1 heterocycles. The van der Waals surface area contributed by atoms with E-state index in [-0.39, 0.29) is 16.4 Å². The number of rotatable bonds is 5. The van der Waals surface area contributed by atoms with Gasteiger partial charge in [-0.2, -0.15) is 0 Å². The minimum Gasteiger partial charge on any atom is -0.480 e. The van der Waals surface area contributed by atoms with Crippen LogP contribution in [0.25, 0.3) is 0 Å². The summed E-state index contributed by atoms with van der Waals surface area (Å²) in [5.41, 5.74) is -0.0123. The average molecular weight is 290 g/mol. The van der Waals surface area contributed by atoms with Crippen LogP contribution in [0.1, 0.15) is 16.1 Å². The smallest absolute Gasteiger partial charge is 0.322 e. The summed E-state index contributed by atoms with van der Waals surface area (Å²) < 4.78 is 29.6. The summed E-state index contributed by atoms with van der Waals surface area (Å²) >= 11 is 0. The number of amides is 1. The third-order valence-corrected chi connectivity index (χ3v) is 3.95. The fraction of sp³-hybridized carbons (Fsp3) is 0.400. The molecule has 0 fully saturated rings. The van der Waals surface area contributed by atoms with Gasteiger partial charge >= 0.3 is 5.97 Å². The van der Waals surface area contributed by atoms with E-state index in [2.05, 4.69) is 5.32 Å². The molecule has 0 bridgehead atoms. The Kier molecular flexibility index (Phi) is 4.32. The number of nitrogens with zero attached hydrogens (tertiary/aromatic N) is 1. The summed E-state index contributed by atoms with van der Waals surface area (Å²) in [6.07, 6.45) is 0. The molecule has 1 rings (SSSR count). The fourth-order valence-electron chi connectivity index (χ4n) is 1.24. The van der Waals surface area contributed by atoms with Gasteiger partial charge in [0, 0.05) is 20.2 Å². The number of carboxylic acid groups (broad SMARTS) is 1. The van der Waals surface area contributed by atoms with Crippen LogP contribution in [0.4, 0.5) is 0 Å². The Labute approximate surface area is 110 Å². The Morgan fingerprint density at radius 1 is 1.42 bits per heavy atom. The summed E-state index contributed by atoms with van der Waals surface area (Å²) in [5, 5.41) is 10.2. The Morgan fingerprint density at radius 2 is 2.00 bits per heavy atom. The topological polar surface area (TPSA) is 117 Å². The van der Waals surface area contributed by atoms with Crippen LogP contribution in [0.3, 0.4) is 0 Å². The zero-order valence-corrected chi connectivity index (χ0v) is 11.4. The lowest BCUT2D eigenvalue weighted by atomic mass is 10.2. The molecule has 0 atom stereocenters. The van der Waals surface area contributed by atoms with Crippen molar-refractivity contribution in [3.63, 3.8) is 0 Å². The number of aryl methyl sites for hydroxylation is 1. The lowest BCUT2D eigenvalue weighted by Crippen LogP contribution is -2.29. The van der Waals surface area contributed by atoms with Gasteiger partial charge in [0.15, 0.2) is 0 Å². The van der Waals surface area contributed by atoms with E-state index in [1.807, 2.05) is 0 Å². The molecule has 0 aliphatic heterocycles. The largest absolute Gasteiger partial charge is 0.480 e. The normalized spacial score (nSPS) is 11.6. The van der Waals surface area contributed by atoms with Gasteiger partial charge in [-0.25, -0.2) is 12.7 Å². The maximum atomic E-state index is 11.8. The summed E-state index contributed by atoms with van der Waals surface area (Å²) in [7, 11) is -1.11. The lowest BCUT2D eigenvalue weighted by Gasteiger charge is -2.07. The Bertz CT molecular complexity index is 602. The first-order valence-electron chi connectivity index (χ1n) is 5.19. The zero-order chi connectivity index (χ0) is 14.8. The number of carboxylic acids is 1. The number of carbonyl (C=O) groups excluding carboxylic acids is 1. The highest BCUT2D eigenvalue weighted by Gasteiger charge is 2.25. The maximum absolute atomic E-state index is 11.8. The van der Waals surface area contributed by atoms with Gasteiger partial charge in [0.1, 0.15) is 12.3 Å². The fourth-order valence-corrected chi connectivity index (χ4v) is 2.10. The van der Waals surface area contributed by atoms with Crippen LogP contribution in [0.2, 0.25) is 0 Å². The summed E-state index contributed by atoms with van der Waals surface area (Å²) in [6, 6.07) is 1.07. The van der Waals surface area contributed by atoms with Crippen molar-refractivity contribution in [3.8, 4) is 0 Å². The van der Waals surface area contributed by atoms with E-state index in [0.29, 0.717) is 0 Å². The van der Waals surface area contributed by atoms with Gasteiger partial charge in [-0.15, -0.1) is 0 Å². The maximum Gasteiger partial charge on any atom is 0.322 e. The van der Waals surface area contributed by atoms with Gasteiger partial charge in [0.2, 0.25) is 5.09 Å². The number of sulfonamides is 1.